The highest BCUT2D eigenvalue weighted by Gasteiger charge is 2.11. The van der Waals surface area contributed by atoms with Gasteiger partial charge in [0.15, 0.2) is 5.82 Å². The van der Waals surface area contributed by atoms with Crippen LogP contribution in [0.2, 0.25) is 0 Å². The summed E-state index contributed by atoms with van der Waals surface area (Å²) < 4.78 is 1.91. The lowest BCUT2D eigenvalue weighted by atomic mass is 10.3. The second kappa shape index (κ2) is 3.81. The van der Waals surface area contributed by atoms with Gasteiger partial charge < -0.3 is 9.88 Å². The van der Waals surface area contributed by atoms with Gasteiger partial charge in [0, 0.05) is 14.1 Å². The lowest BCUT2D eigenvalue weighted by molar-refractivity contribution is 0.911. The Morgan fingerprint density at radius 3 is 2.94 bits per heavy atom. The third-order valence-corrected chi connectivity index (χ3v) is 3.41. The molecule has 6 heteroatoms. The Morgan fingerprint density at radius 2 is 2.24 bits per heavy atom. The third-order valence-electron chi connectivity index (χ3n) is 2.61. The van der Waals surface area contributed by atoms with Gasteiger partial charge in [-0.05, 0) is 11.4 Å². The summed E-state index contributed by atoms with van der Waals surface area (Å²) in [5.41, 5.74) is 0.914. The molecule has 3 rings (SSSR count). The molecule has 0 aliphatic rings. The number of nitrogens with one attached hydrogen (secondary N) is 1. The Bertz CT molecular complexity index is 669. The van der Waals surface area contributed by atoms with Crippen LogP contribution in [0.5, 0.6) is 0 Å². The monoisotopic (exact) mass is 245 g/mol. The molecular formula is C11H11N5S. The summed E-state index contributed by atoms with van der Waals surface area (Å²) in [6, 6.07) is 2.03. The molecule has 0 amide bonds. The van der Waals surface area contributed by atoms with Gasteiger partial charge in [0.05, 0.1) is 17.9 Å². The van der Waals surface area contributed by atoms with Crippen molar-refractivity contribution in [3.05, 3.63) is 24.0 Å². The first kappa shape index (κ1) is 10.2. The average Bonchev–Trinajstić information content (AvgIpc) is 2.95. The molecule has 5 nitrogen and oxygen atoms in total. The number of hydrogen-bond acceptors (Lipinski definition) is 5. The van der Waals surface area contributed by atoms with Gasteiger partial charge >= 0.3 is 0 Å². The SMILES string of the molecule is CNc1nc(-c2cncn2C)nc2sccc12. The van der Waals surface area contributed by atoms with Crippen LogP contribution in [0.4, 0.5) is 5.82 Å². The Balaban J connectivity index is 2.27. The maximum absolute atomic E-state index is 4.55. The largest absolute Gasteiger partial charge is 0.372 e. The fourth-order valence-corrected chi connectivity index (χ4v) is 2.50. The van der Waals surface area contributed by atoms with Gasteiger partial charge in [-0.3, -0.25) is 0 Å². The van der Waals surface area contributed by atoms with E-state index in [1.165, 1.54) is 0 Å². The van der Waals surface area contributed by atoms with Gasteiger partial charge in [-0.1, -0.05) is 0 Å². The second-order valence-electron chi connectivity index (χ2n) is 3.68. The molecule has 17 heavy (non-hydrogen) atoms. The van der Waals surface area contributed by atoms with E-state index < -0.39 is 0 Å². The van der Waals surface area contributed by atoms with Crippen LogP contribution in [0.25, 0.3) is 21.7 Å². The van der Waals surface area contributed by atoms with Crippen LogP contribution in [0, 0.1) is 0 Å². The quantitative estimate of drug-likeness (QED) is 0.751. The maximum atomic E-state index is 4.55. The minimum atomic E-state index is 0.698. The maximum Gasteiger partial charge on any atom is 0.181 e. The fraction of sp³-hybridized carbons (Fsp3) is 0.182. The predicted octanol–water partition coefficient (Wildman–Crippen LogP) is 2.13. The van der Waals surface area contributed by atoms with E-state index >= 15 is 0 Å². The summed E-state index contributed by atoms with van der Waals surface area (Å²) >= 11 is 1.61. The second-order valence-corrected chi connectivity index (χ2v) is 4.57. The smallest absolute Gasteiger partial charge is 0.181 e. The van der Waals surface area contributed by atoms with Crippen molar-refractivity contribution in [1.29, 1.82) is 0 Å². The van der Waals surface area contributed by atoms with E-state index in [-0.39, 0.29) is 0 Å². The first-order valence-electron chi connectivity index (χ1n) is 5.19. The van der Waals surface area contributed by atoms with Crippen molar-refractivity contribution in [2.75, 3.05) is 12.4 Å². The first-order valence-corrected chi connectivity index (χ1v) is 6.07. The summed E-state index contributed by atoms with van der Waals surface area (Å²) in [7, 11) is 3.80. The van der Waals surface area contributed by atoms with E-state index in [2.05, 4.69) is 20.3 Å². The molecule has 0 spiro atoms. The molecule has 0 saturated heterocycles. The standard InChI is InChI=1S/C11H11N5S/c1-12-9-7-3-4-17-11(7)15-10(14-9)8-5-13-6-16(8)2/h3-6H,1-2H3,(H,12,14,15). The highest BCUT2D eigenvalue weighted by molar-refractivity contribution is 7.16. The van der Waals surface area contributed by atoms with Crippen molar-refractivity contribution in [2.24, 2.45) is 7.05 Å². The predicted molar refractivity (Wildman–Crippen MR) is 69.2 cm³/mol. The Morgan fingerprint density at radius 1 is 1.35 bits per heavy atom. The molecule has 3 aromatic rings. The highest BCUT2D eigenvalue weighted by Crippen LogP contribution is 2.27. The topological polar surface area (TPSA) is 55.6 Å². The number of fused-ring (bicyclic) bond motifs is 1. The molecule has 0 unspecified atom stereocenters. The van der Waals surface area contributed by atoms with Gasteiger partial charge in [0.1, 0.15) is 16.3 Å². The summed E-state index contributed by atoms with van der Waals surface area (Å²) in [4.78, 5) is 14.1. The van der Waals surface area contributed by atoms with Gasteiger partial charge in [-0.2, -0.15) is 0 Å². The molecule has 0 aliphatic heterocycles. The zero-order valence-electron chi connectivity index (χ0n) is 9.51. The molecule has 0 fully saturated rings. The van der Waals surface area contributed by atoms with E-state index in [0.717, 1.165) is 21.7 Å². The molecule has 0 atom stereocenters. The van der Waals surface area contributed by atoms with Crippen LogP contribution >= 0.6 is 11.3 Å². The lowest BCUT2D eigenvalue weighted by Gasteiger charge is -2.05. The van der Waals surface area contributed by atoms with E-state index in [1.807, 2.05) is 30.1 Å². The average molecular weight is 245 g/mol. The third kappa shape index (κ3) is 1.57. The van der Waals surface area contributed by atoms with Crippen molar-refractivity contribution in [3.63, 3.8) is 0 Å². The van der Waals surface area contributed by atoms with Gasteiger partial charge in [-0.15, -0.1) is 11.3 Å². The number of anilines is 1. The van der Waals surface area contributed by atoms with Gasteiger partial charge in [0.25, 0.3) is 0 Å². The molecule has 0 bridgehead atoms. The molecule has 0 aliphatic carbocycles. The molecule has 3 heterocycles. The zero-order chi connectivity index (χ0) is 11.8. The van der Waals surface area contributed by atoms with Crippen LogP contribution in [0.3, 0.4) is 0 Å². The van der Waals surface area contributed by atoms with Crippen molar-refractivity contribution in [3.8, 4) is 11.5 Å². The van der Waals surface area contributed by atoms with Crippen LogP contribution in [-0.4, -0.2) is 26.6 Å². The number of aromatic nitrogens is 4. The molecule has 0 radical (unpaired) electrons. The Hall–Kier alpha value is -1.95. The Labute approximate surface area is 102 Å². The summed E-state index contributed by atoms with van der Waals surface area (Å²) in [6.07, 6.45) is 3.52. The number of nitrogens with zero attached hydrogens (tertiary/aromatic N) is 4. The first-order chi connectivity index (χ1) is 8.29. The molecular weight excluding hydrogens is 234 g/mol. The minimum absolute atomic E-state index is 0.698. The van der Waals surface area contributed by atoms with Crippen LogP contribution in [-0.2, 0) is 7.05 Å². The molecule has 1 N–H and O–H groups in total. The van der Waals surface area contributed by atoms with Crippen LogP contribution in [0.15, 0.2) is 24.0 Å². The van der Waals surface area contributed by atoms with Crippen LogP contribution < -0.4 is 5.32 Å². The normalized spacial score (nSPS) is 10.9. The highest BCUT2D eigenvalue weighted by atomic mass is 32.1. The van der Waals surface area contributed by atoms with E-state index in [9.17, 15) is 0 Å². The van der Waals surface area contributed by atoms with Crippen molar-refractivity contribution in [1.82, 2.24) is 19.5 Å². The Kier molecular flexibility index (Phi) is 2.29. The van der Waals surface area contributed by atoms with Crippen LogP contribution in [0.1, 0.15) is 0 Å². The van der Waals surface area contributed by atoms with Crippen molar-refractivity contribution >= 4 is 27.4 Å². The number of aryl methyl sites for hydroxylation is 1. The number of rotatable bonds is 2. The van der Waals surface area contributed by atoms with E-state index in [1.54, 1.807) is 23.9 Å². The summed E-state index contributed by atoms with van der Waals surface area (Å²) in [5, 5.41) is 6.18. The minimum Gasteiger partial charge on any atom is -0.372 e. The van der Waals surface area contributed by atoms with E-state index in [0.29, 0.717) is 5.82 Å². The number of imidazole rings is 1. The molecule has 0 saturated carbocycles. The fourth-order valence-electron chi connectivity index (χ4n) is 1.73. The molecule has 86 valence electrons. The van der Waals surface area contributed by atoms with Gasteiger partial charge in [-0.25, -0.2) is 15.0 Å². The zero-order valence-corrected chi connectivity index (χ0v) is 10.3. The lowest BCUT2D eigenvalue weighted by Crippen LogP contribution is -1.99. The van der Waals surface area contributed by atoms with Crippen molar-refractivity contribution < 1.29 is 0 Å². The van der Waals surface area contributed by atoms with E-state index in [4.69, 9.17) is 0 Å². The molecule has 3 aromatic heterocycles. The molecule has 0 aromatic carbocycles. The van der Waals surface area contributed by atoms with Crippen molar-refractivity contribution in [2.45, 2.75) is 0 Å². The number of thiophene rings is 1. The summed E-state index contributed by atoms with van der Waals surface area (Å²) in [6.45, 7) is 0. The van der Waals surface area contributed by atoms with Gasteiger partial charge in [0.2, 0.25) is 0 Å². The summed E-state index contributed by atoms with van der Waals surface area (Å²) in [5.74, 6) is 1.55. The number of hydrogen-bond donors (Lipinski definition) is 1.